The number of carbonyl (C=O) groups is 9. The molecule has 4 rings (SSSR count). The number of guanidine groups is 2. The lowest BCUT2D eigenvalue weighted by Crippen LogP contribution is -2.55. The molecule has 0 bridgehead atoms. The van der Waals surface area contributed by atoms with E-state index in [1.807, 2.05) is 6.07 Å². The Bertz CT molecular complexity index is 2470. The molecule has 2 aromatic carbocycles. The SMILES string of the molecule is CC[C@@H]1NC(=O)[C@H](CCCN=C(N)N)CC(=O)[C@](C)(N)CCCCNC(=O)[C@@H](c2ccccc2)NC1=O.CC[C@@H]1NC(=O)[C@H](CCCN=C(N)N)CC(=O)[C@](C)(NC(=O)C(C)C)CCCCNC(=O)[C@@H](c2ccc(F)cc2)NC1=O. The number of halogens is 1. The number of aliphatic imine (C=N–C) groups is 2. The van der Waals surface area contributed by atoms with Crippen LogP contribution in [0, 0.1) is 23.6 Å². The van der Waals surface area contributed by atoms with Crippen LogP contribution in [-0.4, -0.2) is 114 Å². The molecule has 2 aliphatic rings. The first kappa shape index (κ1) is 66.8. The lowest BCUT2D eigenvalue weighted by atomic mass is 9.83. The molecular weight excluding hydrogens is 1030 g/mol. The molecule has 0 radical (unpaired) electrons. The van der Waals surface area contributed by atoms with Gasteiger partial charge in [0.15, 0.2) is 23.5 Å². The molecular formula is C56H87FN14O9. The number of nitrogens with one attached hydrogen (secondary N) is 7. The summed E-state index contributed by atoms with van der Waals surface area (Å²) in [5.41, 5.74) is 26.6. The molecule has 7 amide bonds. The number of benzene rings is 2. The van der Waals surface area contributed by atoms with Crippen LogP contribution in [0.2, 0.25) is 0 Å². The third kappa shape index (κ3) is 22.3. The second kappa shape index (κ2) is 33.2. The maximum Gasteiger partial charge on any atom is 0.247 e. The van der Waals surface area contributed by atoms with E-state index < -0.39 is 82.4 Å². The molecule has 442 valence electrons. The average molecular weight is 1120 g/mol. The van der Waals surface area contributed by atoms with E-state index in [0.717, 1.165) is 0 Å². The predicted molar refractivity (Wildman–Crippen MR) is 303 cm³/mol. The first-order valence-corrected chi connectivity index (χ1v) is 27.7. The maximum atomic E-state index is 13.7. The Hall–Kier alpha value is -7.50. The predicted octanol–water partition coefficient (Wildman–Crippen LogP) is 1.72. The van der Waals surface area contributed by atoms with Crippen LogP contribution in [0.1, 0.15) is 155 Å². The van der Waals surface area contributed by atoms with E-state index in [-0.39, 0.29) is 86.4 Å². The number of amides is 7. The standard InChI is InChI=1S/C30H46FN7O5.C26H41N7O4/c1-5-22-27(42)37-24(19-10-12-21(31)13-11-19)28(43)34-15-7-6-14-30(4,38-25(40)18(2)3)23(39)17-20(26(41)36-22)9-8-16-35-29(32)33;1-3-19-23(36)33-21(17-10-5-4-6-11-17)24(37)30-14-8-7-13-26(2,29)20(34)16-18(22(35)32-19)12-9-15-31-25(27)28/h10-13,18,20,22,24H,5-9,14-17H2,1-4H3,(H,34,43)(H,36,41)(H,37,42)(H,38,40)(H4,32,33,35);4-6,10-11,18-19,21H,3,7-9,12-16,29H2,1-2H3,(H,30,37)(H,32,35)(H,33,36)(H4,27,28,31)/t20-,22+,24-,30-;18-,19+,21-,26-/m11/s1. The molecule has 23 nitrogen and oxygen atoms in total. The highest BCUT2D eigenvalue weighted by Crippen LogP contribution is 2.25. The second-order valence-electron chi connectivity index (χ2n) is 21.2. The van der Waals surface area contributed by atoms with Crippen molar-refractivity contribution in [2.24, 2.45) is 56.4 Å². The van der Waals surface area contributed by atoms with Gasteiger partial charge >= 0.3 is 0 Å². The number of nitrogens with two attached hydrogens (primary N) is 5. The number of hydrogen-bond acceptors (Lipinski definition) is 12. The molecule has 8 atom stereocenters. The Morgan fingerprint density at radius 2 is 1.05 bits per heavy atom. The number of ketones is 2. The van der Waals surface area contributed by atoms with Crippen LogP contribution < -0.4 is 65.9 Å². The third-order valence-electron chi connectivity index (χ3n) is 14.1. The van der Waals surface area contributed by atoms with Gasteiger partial charge in [0.1, 0.15) is 30.0 Å². The smallest absolute Gasteiger partial charge is 0.247 e. The van der Waals surface area contributed by atoms with Crippen molar-refractivity contribution >= 4 is 64.8 Å². The third-order valence-corrected chi connectivity index (χ3v) is 14.1. The fourth-order valence-electron chi connectivity index (χ4n) is 9.00. The Kier molecular flexibility index (Phi) is 27.7. The largest absolute Gasteiger partial charge is 0.370 e. The summed E-state index contributed by atoms with van der Waals surface area (Å²) < 4.78 is 13.6. The van der Waals surface area contributed by atoms with Gasteiger partial charge in [0.25, 0.3) is 0 Å². The van der Waals surface area contributed by atoms with Gasteiger partial charge in [0, 0.05) is 56.8 Å². The number of hydrogen-bond donors (Lipinski definition) is 12. The van der Waals surface area contributed by atoms with E-state index in [9.17, 15) is 47.5 Å². The topological polar surface area (TPSA) is 393 Å². The molecule has 2 heterocycles. The molecule has 0 spiro atoms. The number of Topliss-reactive ketones (excluding diaryl/α,β-unsaturated/α-hetero) is 2. The summed E-state index contributed by atoms with van der Waals surface area (Å²) in [5.74, 6) is -6.25. The van der Waals surface area contributed by atoms with Gasteiger partial charge in [-0.3, -0.25) is 53.1 Å². The minimum Gasteiger partial charge on any atom is -0.370 e. The molecule has 2 saturated heterocycles. The van der Waals surface area contributed by atoms with Crippen molar-refractivity contribution in [2.75, 3.05) is 26.2 Å². The van der Waals surface area contributed by atoms with Crippen molar-refractivity contribution in [3.63, 3.8) is 0 Å². The molecule has 2 fully saturated rings. The zero-order valence-electron chi connectivity index (χ0n) is 47.3. The number of nitrogens with zero attached hydrogens (tertiary/aromatic N) is 2. The highest BCUT2D eigenvalue weighted by molar-refractivity contribution is 5.98. The molecule has 0 aliphatic carbocycles. The fraction of sp³-hybridized carbons (Fsp3) is 0.589. The van der Waals surface area contributed by atoms with Crippen molar-refractivity contribution in [1.29, 1.82) is 0 Å². The van der Waals surface area contributed by atoms with Crippen LogP contribution in [0.4, 0.5) is 4.39 Å². The summed E-state index contributed by atoms with van der Waals surface area (Å²) in [6.45, 7) is 11.4. The van der Waals surface area contributed by atoms with Gasteiger partial charge in [-0.2, -0.15) is 0 Å². The van der Waals surface area contributed by atoms with Gasteiger partial charge in [0.05, 0.1) is 11.1 Å². The summed E-state index contributed by atoms with van der Waals surface area (Å²) in [5, 5.41) is 19.5. The highest BCUT2D eigenvalue weighted by atomic mass is 19.1. The lowest BCUT2D eigenvalue weighted by molar-refractivity contribution is -0.137. The van der Waals surface area contributed by atoms with Crippen molar-refractivity contribution in [1.82, 2.24) is 37.2 Å². The molecule has 2 aromatic rings. The van der Waals surface area contributed by atoms with E-state index in [4.69, 9.17) is 28.7 Å². The summed E-state index contributed by atoms with van der Waals surface area (Å²) in [4.78, 5) is 127. The van der Waals surface area contributed by atoms with Gasteiger partial charge in [-0.1, -0.05) is 70.2 Å². The molecule has 24 heteroatoms. The van der Waals surface area contributed by atoms with Gasteiger partial charge < -0.3 is 65.9 Å². The summed E-state index contributed by atoms with van der Waals surface area (Å²) in [7, 11) is 0. The van der Waals surface area contributed by atoms with Crippen LogP contribution in [0.15, 0.2) is 64.6 Å². The Balaban J connectivity index is 0.000000425. The zero-order chi connectivity index (χ0) is 59.6. The minimum absolute atomic E-state index is 0.0484. The zero-order valence-corrected chi connectivity index (χ0v) is 47.3. The van der Waals surface area contributed by atoms with Crippen molar-refractivity contribution < 1.29 is 47.5 Å². The Morgan fingerprint density at radius 3 is 1.49 bits per heavy atom. The average Bonchev–Trinajstić information content (AvgIpc) is 3.44. The lowest BCUT2D eigenvalue weighted by Gasteiger charge is -2.32. The molecule has 0 saturated carbocycles. The first-order chi connectivity index (χ1) is 37.8. The van der Waals surface area contributed by atoms with E-state index in [0.29, 0.717) is 82.0 Å². The maximum absolute atomic E-state index is 13.7. The van der Waals surface area contributed by atoms with Crippen LogP contribution in [0.5, 0.6) is 0 Å². The molecule has 17 N–H and O–H groups in total. The van der Waals surface area contributed by atoms with E-state index in [2.05, 4.69) is 47.2 Å². The second-order valence-corrected chi connectivity index (χ2v) is 21.2. The van der Waals surface area contributed by atoms with Crippen LogP contribution in [-0.2, 0) is 43.2 Å². The summed E-state index contributed by atoms with van der Waals surface area (Å²) in [6, 6.07) is 10.2. The molecule has 80 heavy (non-hydrogen) atoms. The fourth-order valence-corrected chi connectivity index (χ4v) is 9.00. The quantitative estimate of drug-likeness (QED) is 0.0729. The van der Waals surface area contributed by atoms with Gasteiger partial charge in [-0.05, 0) is 114 Å². The van der Waals surface area contributed by atoms with Gasteiger partial charge in [-0.25, -0.2) is 4.39 Å². The molecule has 0 aromatic heterocycles. The van der Waals surface area contributed by atoms with Gasteiger partial charge in [-0.15, -0.1) is 0 Å². The Labute approximate surface area is 468 Å². The molecule has 0 unspecified atom stereocenters. The normalized spacial score (nSPS) is 25.4. The number of carbonyl (C=O) groups excluding carboxylic acids is 9. The van der Waals surface area contributed by atoms with E-state index in [1.165, 1.54) is 24.3 Å². The minimum atomic E-state index is -1.25. The van der Waals surface area contributed by atoms with Crippen molar-refractivity contribution in [2.45, 2.75) is 167 Å². The van der Waals surface area contributed by atoms with Crippen molar-refractivity contribution in [3.05, 3.63) is 71.5 Å². The Morgan fingerprint density at radius 1 is 0.613 bits per heavy atom. The van der Waals surface area contributed by atoms with E-state index >= 15 is 0 Å². The van der Waals surface area contributed by atoms with Crippen LogP contribution in [0.3, 0.4) is 0 Å². The summed E-state index contributed by atoms with van der Waals surface area (Å²) in [6.07, 6.45) is 4.63. The molecule has 2 aliphatic heterocycles. The monoisotopic (exact) mass is 1120 g/mol. The van der Waals surface area contributed by atoms with Gasteiger partial charge in [0.2, 0.25) is 41.4 Å². The highest BCUT2D eigenvalue weighted by Gasteiger charge is 2.39. The van der Waals surface area contributed by atoms with Crippen LogP contribution >= 0.6 is 0 Å². The van der Waals surface area contributed by atoms with E-state index in [1.54, 1.807) is 65.8 Å². The summed E-state index contributed by atoms with van der Waals surface area (Å²) >= 11 is 0. The number of rotatable bonds is 14. The van der Waals surface area contributed by atoms with Crippen LogP contribution in [0.25, 0.3) is 0 Å². The van der Waals surface area contributed by atoms with Crippen molar-refractivity contribution in [3.8, 4) is 0 Å². The first-order valence-electron chi connectivity index (χ1n) is 27.7.